The van der Waals surface area contributed by atoms with Gasteiger partial charge in [-0.1, -0.05) is 218 Å². The van der Waals surface area contributed by atoms with Crippen LogP contribution in [0, 0.1) is 23.7 Å². The number of hydrogen-bond donors (Lipinski definition) is 0. The third kappa shape index (κ3) is 54.6. The Morgan fingerprint density at radius 3 is 1.14 bits per heavy atom. The molecule has 0 aromatic heterocycles. The number of unbranched alkanes of at least 4 members (excludes halogenated alkanes) is 26. The molecule has 0 aliphatic heterocycles. The number of rotatable bonds is 55. The fourth-order valence-electron chi connectivity index (χ4n) is 9.18. The van der Waals surface area contributed by atoms with Crippen LogP contribution in [-0.2, 0) is 38.0 Å². The second-order valence-electron chi connectivity index (χ2n) is 21.6. The Bertz CT molecular complexity index is 1510. The SMILES string of the molecule is CCCCCCC#CCOC(=O)OC(C/C=C\CCCCCCCCOC(=O)CCN(CCC(=O)OCCCCCCCC/C=C\CC(CCCCCC)OC(=O)OCC#CCCCCCC)CCN(CC)CC)CCCCCC. The molecule has 0 rings (SSSR count). The molecule has 80 heavy (non-hydrogen) atoms. The van der Waals surface area contributed by atoms with E-state index in [4.69, 9.17) is 28.4 Å². The van der Waals surface area contributed by atoms with Gasteiger partial charge in [0.25, 0.3) is 0 Å². The zero-order valence-electron chi connectivity index (χ0n) is 52.4. The van der Waals surface area contributed by atoms with Gasteiger partial charge in [-0.3, -0.25) is 9.59 Å². The first-order valence-corrected chi connectivity index (χ1v) is 32.9. The van der Waals surface area contributed by atoms with Gasteiger partial charge in [0.05, 0.1) is 26.1 Å². The van der Waals surface area contributed by atoms with E-state index >= 15 is 0 Å². The van der Waals surface area contributed by atoms with Crippen LogP contribution in [0.5, 0.6) is 0 Å². The molecule has 0 amide bonds. The molecular formula is C68H120N2O10. The summed E-state index contributed by atoms with van der Waals surface area (Å²) in [5, 5.41) is 0. The minimum atomic E-state index is -0.621. The van der Waals surface area contributed by atoms with Gasteiger partial charge in [-0.05, 0) is 90.1 Å². The lowest BCUT2D eigenvalue weighted by atomic mass is 10.1. The van der Waals surface area contributed by atoms with Crippen LogP contribution < -0.4 is 0 Å². The van der Waals surface area contributed by atoms with Crippen molar-refractivity contribution in [2.75, 3.05) is 65.7 Å². The van der Waals surface area contributed by atoms with E-state index in [9.17, 15) is 19.2 Å². The lowest BCUT2D eigenvalue weighted by molar-refractivity contribution is -0.144. The van der Waals surface area contributed by atoms with Gasteiger partial charge in [0.2, 0.25) is 0 Å². The molecule has 462 valence electrons. The Kier molecular flexibility index (Phi) is 58.0. The zero-order chi connectivity index (χ0) is 58.5. The largest absolute Gasteiger partial charge is 0.509 e. The van der Waals surface area contributed by atoms with Crippen LogP contribution in [-0.4, -0.2) is 112 Å². The monoisotopic (exact) mass is 1120 g/mol. The van der Waals surface area contributed by atoms with Crippen molar-refractivity contribution in [3.05, 3.63) is 24.3 Å². The van der Waals surface area contributed by atoms with Gasteiger partial charge in [0, 0.05) is 51.9 Å². The van der Waals surface area contributed by atoms with E-state index < -0.39 is 12.3 Å². The maximum Gasteiger partial charge on any atom is 0.509 e. The molecule has 0 saturated carbocycles. The summed E-state index contributed by atoms with van der Waals surface area (Å²) in [4.78, 5) is 54.7. The third-order valence-corrected chi connectivity index (χ3v) is 14.4. The summed E-state index contributed by atoms with van der Waals surface area (Å²) in [6.07, 6.45) is 46.0. The molecule has 0 radical (unpaired) electrons. The molecule has 12 nitrogen and oxygen atoms in total. The lowest BCUT2D eigenvalue weighted by Gasteiger charge is -2.25. The van der Waals surface area contributed by atoms with E-state index in [1.54, 1.807) is 0 Å². The molecule has 12 heteroatoms. The Morgan fingerprint density at radius 2 is 0.738 bits per heavy atom. The van der Waals surface area contributed by atoms with Crippen LogP contribution in [0.3, 0.4) is 0 Å². The molecule has 0 N–H and O–H groups in total. The molecule has 0 aliphatic rings. The average molecular weight is 1130 g/mol. The normalized spacial score (nSPS) is 12.1. The summed E-state index contributed by atoms with van der Waals surface area (Å²) >= 11 is 0. The molecule has 0 aromatic carbocycles. The highest BCUT2D eigenvalue weighted by Crippen LogP contribution is 2.17. The Balaban J connectivity index is 4.37. The predicted molar refractivity (Wildman–Crippen MR) is 331 cm³/mol. The summed E-state index contributed by atoms with van der Waals surface area (Å²) in [5.41, 5.74) is 0. The van der Waals surface area contributed by atoms with Gasteiger partial charge in [0.15, 0.2) is 13.2 Å². The van der Waals surface area contributed by atoms with Gasteiger partial charge < -0.3 is 38.2 Å². The summed E-state index contributed by atoms with van der Waals surface area (Å²) in [5.74, 6) is 11.7. The summed E-state index contributed by atoms with van der Waals surface area (Å²) in [7, 11) is 0. The minimum absolute atomic E-state index is 0.0830. The van der Waals surface area contributed by atoms with Crippen LogP contribution in [0.1, 0.15) is 286 Å². The summed E-state index contributed by atoms with van der Waals surface area (Å²) < 4.78 is 33.1. The highest BCUT2D eigenvalue weighted by Gasteiger charge is 2.17. The van der Waals surface area contributed by atoms with E-state index in [1.165, 1.54) is 64.2 Å². The topological polar surface area (TPSA) is 130 Å². The van der Waals surface area contributed by atoms with Crippen LogP contribution >= 0.6 is 0 Å². The zero-order valence-corrected chi connectivity index (χ0v) is 52.4. The fraction of sp³-hybridized carbons (Fsp3) is 0.824. The highest BCUT2D eigenvalue weighted by atomic mass is 16.7. The number of carbonyl (C=O) groups excluding carboxylic acids is 4. The molecule has 0 fully saturated rings. The lowest BCUT2D eigenvalue weighted by Crippen LogP contribution is -2.37. The molecule has 0 heterocycles. The van der Waals surface area contributed by atoms with Crippen LogP contribution in [0.25, 0.3) is 0 Å². The maximum atomic E-state index is 12.7. The van der Waals surface area contributed by atoms with E-state index in [2.05, 4.69) is 99.3 Å². The van der Waals surface area contributed by atoms with Crippen molar-refractivity contribution in [1.82, 2.24) is 9.80 Å². The number of nitrogens with zero attached hydrogens (tertiary/aromatic N) is 2. The number of esters is 2. The van der Waals surface area contributed by atoms with Gasteiger partial charge in [-0.15, -0.1) is 0 Å². The smallest absolute Gasteiger partial charge is 0.466 e. The first-order chi connectivity index (χ1) is 39.2. The second-order valence-corrected chi connectivity index (χ2v) is 21.6. The van der Waals surface area contributed by atoms with Gasteiger partial charge in [-0.25, -0.2) is 9.59 Å². The molecule has 2 atom stereocenters. The summed E-state index contributed by atoms with van der Waals surface area (Å²) in [6.45, 7) is 18.9. The Hall–Kier alpha value is -4.00. The van der Waals surface area contributed by atoms with Crippen molar-refractivity contribution < 1.29 is 47.6 Å². The minimum Gasteiger partial charge on any atom is -0.466 e. The van der Waals surface area contributed by atoms with Crippen molar-refractivity contribution in [3.8, 4) is 23.7 Å². The van der Waals surface area contributed by atoms with Crippen molar-refractivity contribution in [1.29, 1.82) is 0 Å². The van der Waals surface area contributed by atoms with Gasteiger partial charge >= 0.3 is 24.2 Å². The van der Waals surface area contributed by atoms with Crippen molar-refractivity contribution in [3.63, 3.8) is 0 Å². The first kappa shape index (κ1) is 76.0. The van der Waals surface area contributed by atoms with Gasteiger partial charge in [0.1, 0.15) is 12.2 Å². The van der Waals surface area contributed by atoms with Crippen molar-refractivity contribution >= 4 is 24.2 Å². The molecular weight excluding hydrogens is 1000 g/mol. The van der Waals surface area contributed by atoms with Crippen molar-refractivity contribution in [2.45, 2.75) is 298 Å². The predicted octanol–water partition coefficient (Wildman–Crippen LogP) is 17.8. The van der Waals surface area contributed by atoms with E-state index in [0.29, 0.717) is 52.0 Å². The number of carbonyl (C=O) groups is 4. The molecule has 2 unspecified atom stereocenters. The highest BCUT2D eigenvalue weighted by molar-refractivity contribution is 5.70. The molecule has 0 bridgehead atoms. The molecule has 0 saturated heterocycles. The average Bonchev–Trinajstić information content (AvgIpc) is 3.45. The number of likely N-dealkylation sites (N-methyl/N-ethyl adjacent to an activating group) is 1. The van der Waals surface area contributed by atoms with E-state index in [1.807, 2.05) is 0 Å². The standard InChI is InChI=1S/C68H120N2O10/c1-7-13-17-21-31-39-47-61-77-67(73)79-63(49-41-19-15-9-3)51-43-35-29-25-23-27-33-37-45-59-75-65(71)53-55-70(58-57-69(11-5)12-6)56-54-66(72)76-60-46-38-34-28-24-26-30-36-44-52-64(50-42-20-16-10-4)80-68(74)78-62-48-40-32-22-18-14-8-2/h35-36,43-44,63-64H,7-34,37-38,41-42,45-46,49-62H2,1-6H3/b43-35-,44-36-. The fourth-order valence-corrected chi connectivity index (χ4v) is 9.18. The van der Waals surface area contributed by atoms with E-state index in [0.717, 1.165) is 180 Å². The molecule has 0 aromatic rings. The van der Waals surface area contributed by atoms with Crippen LogP contribution in [0.2, 0.25) is 0 Å². The first-order valence-electron chi connectivity index (χ1n) is 32.9. The van der Waals surface area contributed by atoms with Crippen LogP contribution in [0.4, 0.5) is 9.59 Å². The third-order valence-electron chi connectivity index (χ3n) is 14.4. The summed E-state index contributed by atoms with van der Waals surface area (Å²) in [6, 6.07) is 0. The number of allylic oxidation sites excluding steroid dienone is 2. The van der Waals surface area contributed by atoms with Gasteiger partial charge in [-0.2, -0.15) is 0 Å². The Labute approximate surface area is 491 Å². The quantitative estimate of drug-likeness (QED) is 0.0189. The number of hydrogen-bond acceptors (Lipinski definition) is 12. The second kappa shape index (κ2) is 61.1. The molecule has 0 aliphatic carbocycles. The maximum absolute atomic E-state index is 12.7. The van der Waals surface area contributed by atoms with Crippen LogP contribution in [0.15, 0.2) is 24.3 Å². The van der Waals surface area contributed by atoms with Crippen molar-refractivity contribution in [2.24, 2.45) is 0 Å². The molecule has 0 spiro atoms. The van der Waals surface area contributed by atoms with E-state index in [-0.39, 0.29) is 37.4 Å². The Morgan fingerprint density at radius 1 is 0.375 bits per heavy atom. The number of ether oxygens (including phenoxy) is 6.